The van der Waals surface area contributed by atoms with Crippen LogP contribution in [0, 0.1) is 19.7 Å². The van der Waals surface area contributed by atoms with Crippen LogP contribution in [0.1, 0.15) is 11.1 Å². The lowest BCUT2D eigenvalue weighted by Crippen LogP contribution is -2.00. The van der Waals surface area contributed by atoms with Crippen molar-refractivity contribution in [3.05, 3.63) is 52.6 Å². The van der Waals surface area contributed by atoms with Gasteiger partial charge >= 0.3 is 0 Å². The first-order valence-corrected chi connectivity index (χ1v) is 6.54. The first kappa shape index (κ1) is 12.9. The minimum Gasteiger partial charge on any atom is -0.397 e. The van der Waals surface area contributed by atoms with Crippen LogP contribution in [0.3, 0.4) is 0 Å². The maximum atomic E-state index is 13.4. The summed E-state index contributed by atoms with van der Waals surface area (Å²) in [6.45, 7) is 4.07. The average molecular weight is 290 g/mol. The number of aryl methyl sites for hydroxylation is 2. The molecule has 2 aromatic carbocycles. The number of fused-ring (bicyclic) bond motifs is 1. The van der Waals surface area contributed by atoms with Crippen LogP contribution in [0.5, 0.6) is 0 Å². The molecule has 0 aliphatic carbocycles. The Balaban J connectivity index is 2.30. The van der Waals surface area contributed by atoms with Gasteiger partial charge in [-0.3, -0.25) is 4.57 Å². The number of nitrogen functional groups attached to an aromatic ring is 1. The van der Waals surface area contributed by atoms with Gasteiger partial charge in [-0.25, -0.2) is 9.37 Å². The summed E-state index contributed by atoms with van der Waals surface area (Å²) < 4.78 is 15.2. The second-order valence-corrected chi connectivity index (χ2v) is 5.27. The highest BCUT2D eigenvalue weighted by molar-refractivity contribution is 6.31. The summed E-state index contributed by atoms with van der Waals surface area (Å²) >= 11 is 5.85. The van der Waals surface area contributed by atoms with E-state index in [0.717, 1.165) is 16.6 Å². The van der Waals surface area contributed by atoms with Crippen LogP contribution >= 0.6 is 11.6 Å². The van der Waals surface area contributed by atoms with Crippen molar-refractivity contribution in [3.8, 4) is 5.69 Å². The van der Waals surface area contributed by atoms with Crippen molar-refractivity contribution in [1.29, 1.82) is 0 Å². The average Bonchev–Trinajstić information content (AvgIpc) is 2.77. The van der Waals surface area contributed by atoms with E-state index in [1.54, 1.807) is 6.33 Å². The fourth-order valence-electron chi connectivity index (χ4n) is 2.22. The molecule has 0 saturated carbocycles. The van der Waals surface area contributed by atoms with Crippen molar-refractivity contribution in [2.24, 2.45) is 0 Å². The van der Waals surface area contributed by atoms with Gasteiger partial charge in [0.2, 0.25) is 0 Å². The SMILES string of the molecule is Cc1cc2ncn(-c3cc(Cl)c(F)cc3N)c2cc1C. The molecule has 0 saturated heterocycles. The molecule has 0 amide bonds. The Morgan fingerprint density at radius 1 is 1.15 bits per heavy atom. The molecule has 0 aliphatic rings. The molecule has 20 heavy (non-hydrogen) atoms. The number of imidazole rings is 1. The number of aromatic nitrogens is 2. The summed E-state index contributed by atoms with van der Waals surface area (Å²) in [5.41, 5.74) is 11.0. The minimum atomic E-state index is -0.524. The van der Waals surface area contributed by atoms with Gasteiger partial charge in [0, 0.05) is 6.07 Å². The Morgan fingerprint density at radius 3 is 2.60 bits per heavy atom. The van der Waals surface area contributed by atoms with Crippen molar-refractivity contribution in [1.82, 2.24) is 9.55 Å². The molecular weight excluding hydrogens is 277 g/mol. The smallest absolute Gasteiger partial charge is 0.143 e. The first-order valence-electron chi connectivity index (χ1n) is 6.16. The summed E-state index contributed by atoms with van der Waals surface area (Å²) in [5, 5.41) is 0.0416. The van der Waals surface area contributed by atoms with Crippen molar-refractivity contribution in [3.63, 3.8) is 0 Å². The molecule has 5 heteroatoms. The predicted molar refractivity (Wildman–Crippen MR) is 79.9 cm³/mol. The molecule has 3 aromatic rings. The summed E-state index contributed by atoms with van der Waals surface area (Å²) in [4.78, 5) is 4.36. The number of nitrogens with two attached hydrogens (primary N) is 1. The standard InChI is InChI=1S/C15H13ClFN3/c1-8-3-13-15(4-9(8)2)20(7-19-13)14-5-10(16)11(17)6-12(14)18/h3-7H,18H2,1-2H3. The van der Waals surface area contributed by atoms with Crippen molar-refractivity contribution < 1.29 is 4.39 Å². The summed E-state index contributed by atoms with van der Waals surface area (Å²) in [5.74, 6) is -0.524. The van der Waals surface area contributed by atoms with Gasteiger partial charge in [0.15, 0.2) is 0 Å². The van der Waals surface area contributed by atoms with E-state index in [9.17, 15) is 4.39 Å². The molecule has 0 aliphatic heterocycles. The lowest BCUT2D eigenvalue weighted by Gasteiger charge is -2.10. The minimum absolute atomic E-state index is 0.0416. The topological polar surface area (TPSA) is 43.8 Å². The van der Waals surface area contributed by atoms with Gasteiger partial charge in [0.1, 0.15) is 12.1 Å². The zero-order valence-corrected chi connectivity index (χ0v) is 11.9. The lowest BCUT2D eigenvalue weighted by atomic mass is 10.1. The van der Waals surface area contributed by atoms with Gasteiger partial charge in [-0.05, 0) is 43.2 Å². The molecule has 0 bridgehead atoms. The second-order valence-electron chi connectivity index (χ2n) is 4.86. The summed E-state index contributed by atoms with van der Waals surface area (Å²) in [7, 11) is 0. The van der Waals surface area contributed by atoms with Gasteiger partial charge in [0.05, 0.1) is 27.4 Å². The molecule has 2 N–H and O–H groups in total. The Hall–Kier alpha value is -2.07. The highest BCUT2D eigenvalue weighted by Crippen LogP contribution is 2.28. The quantitative estimate of drug-likeness (QED) is 0.688. The number of nitrogens with zero attached hydrogens (tertiary/aromatic N) is 2. The number of rotatable bonds is 1. The zero-order valence-electron chi connectivity index (χ0n) is 11.1. The molecule has 0 fully saturated rings. The van der Waals surface area contributed by atoms with Crippen LogP contribution in [0.15, 0.2) is 30.6 Å². The van der Waals surface area contributed by atoms with Crippen molar-refractivity contribution in [2.75, 3.05) is 5.73 Å². The van der Waals surface area contributed by atoms with E-state index in [0.29, 0.717) is 11.4 Å². The van der Waals surface area contributed by atoms with E-state index >= 15 is 0 Å². The fraction of sp³-hybridized carbons (Fsp3) is 0.133. The Bertz CT molecular complexity index is 824. The van der Waals surface area contributed by atoms with Crippen molar-refractivity contribution in [2.45, 2.75) is 13.8 Å². The summed E-state index contributed by atoms with van der Waals surface area (Å²) in [6.07, 6.45) is 1.67. The molecule has 1 aromatic heterocycles. The Morgan fingerprint density at radius 2 is 1.85 bits per heavy atom. The number of hydrogen-bond donors (Lipinski definition) is 1. The van der Waals surface area contributed by atoms with Crippen LogP contribution in [0.2, 0.25) is 5.02 Å². The number of benzene rings is 2. The van der Waals surface area contributed by atoms with E-state index < -0.39 is 5.82 Å². The number of halogens is 2. The molecule has 102 valence electrons. The molecule has 1 heterocycles. The van der Waals surface area contributed by atoms with Gasteiger partial charge in [0.25, 0.3) is 0 Å². The molecule has 3 nitrogen and oxygen atoms in total. The lowest BCUT2D eigenvalue weighted by molar-refractivity contribution is 0.628. The van der Waals surface area contributed by atoms with Crippen LogP contribution in [-0.4, -0.2) is 9.55 Å². The first-order chi connectivity index (χ1) is 9.47. The van der Waals surface area contributed by atoms with E-state index in [2.05, 4.69) is 4.98 Å². The highest BCUT2D eigenvalue weighted by Gasteiger charge is 2.12. The normalized spacial score (nSPS) is 11.2. The highest BCUT2D eigenvalue weighted by atomic mass is 35.5. The van der Waals surface area contributed by atoms with E-state index in [1.165, 1.54) is 17.7 Å². The van der Waals surface area contributed by atoms with Crippen molar-refractivity contribution >= 4 is 28.3 Å². The molecule has 3 rings (SSSR count). The third-order valence-electron chi connectivity index (χ3n) is 3.49. The number of hydrogen-bond acceptors (Lipinski definition) is 2. The van der Waals surface area contributed by atoms with Crippen LogP contribution in [0.25, 0.3) is 16.7 Å². The fourth-order valence-corrected chi connectivity index (χ4v) is 2.37. The largest absolute Gasteiger partial charge is 0.397 e. The molecular formula is C15H13ClFN3. The maximum absolute atomic E-state index is 13.4. The van der Waals surface area contributed by atoms with Gasteiger partial charge in [-0.15, -0.1) is 0 Å². The molecule has 0 atom stereocenters. The molecule has 0 radical (unpaired) electrons. The van der Waals surface area contributed by atoms with Crippen LogP contribution in [-0.2, 0) is 0 Å². The van der Waals surface area contributed by atoms with Gasteiger partial charge in [-0.1, -0.05) is 11.6 Å². The Labute approximate surface area is 120 Å². The molecule has 0 spiro atoms. The third-order valence-corrected chi connectivity index (χ3v) is 3.78. The van der Waals surface area contributed by atoms with E-state index in [1.807, 2.05) is 30.5 Å². The third kappa shape index (κ3) is 1.93. The van der Waals surface area contributed by atoms with E-state index in [4.69, 9.17) is 17.3 Å². The number of anilines is 1. The van der Waals surface area contributed by atoms with Crippen LogP contribution in [0.4, 0.5) is 10.1 Å². The second kappa shape index (κ2) is 4.49. The summed E-state index contributed by atoms with van der Waals surface area (Å²) in [6, 6.07) is 6.80. The Kier molecular flexibility index (Phi) is 2.91. The molecule has 0 unspecified atom stereocenters. The van der Waals surface area contributed by atoms with Gasteiger partial charge < -0.3 is 5.73 Å². The zero-order chi connectivity index (χ0) is 14.4. The van der Waals surface area contributed by atoms with Crippen LogP contribution < -0.4 is 5.73 Å². The monoisotopic (exact) mass is 289 g/mol. The maximum Gasteiger partial charge on any atom is 0.143 e. The van der Waals surface area contributed by atoms with E-state index in [-0.39, 0.29) is 5.02 Å². The predicted octanol–water partition coefficient (Wildman–Crippen LogP) is 4.02. The van der Waals surface area contributed by atoms with Gasteiger partial charge in [-0.2, -0.15) is 0 Å².